The van der Waals surface area contributed by atoms with Gasteiger partial charge in [0.1, 0.15) is 5.75 Å². The Kier molecular flexibility index (Phi) is 5.15. The first-order valence-electron chi connectivity index (χ1n) is 8.08. The summed E-state index contributed by atoms with van der Waals surface area (Å²) in [5.74, 6) is 0.856. The number of ether oxygens (including phenoxy) is 1. The molecule has 0 radical (unpaired) electrons. The number of nitrogens with zero attached hydrogens (tertiary/aromatic N) is 3. The van der Waals surface area contributed by atoms with Gasteiger partial charge in [-0.15, -0.1) is 0 Å². The lowest BCUT2D eigenvalue weighted by atomic mass is 9.99. The molecule has 3 rings (SSSR count). The Morgan fingerprint density at radius 3 is 2.79 bits per heavy atom. The predicted molar refractivity (Wildman–Crippen MR) is 92.8 cm³/mol. The van der Waals surface area contributed by atoms with Gasteiger partial charge in [-0.2, -0.15) is 0 Å². The SMILES string of the molecule is COc1ccc(C2=CCN(C(=O)NCCn3ccnc3)CC2)cc1. The average Bonchev–Trinajstić information content (AvgIpc) is 3.15. The van der Waals surface area contributed by atoms with Gasteiger partial charge in [0.25, 0.3) is 0 Å². The quantitative estimate of drug-likeness (QED) is 0.918. The van der Waals surface area contributed by atoms with E-state index in [1.807, 2.05) is 27.8 Å². The molecule has 6 heteroatoms. The molecule has 24 heavy (non-hydrogen) atoms. The maximum atomic E-state index is 12.2. The summed E-state index contributed by atoms with van der Waals surface area (Å²) in [7, 11) is 1.66. The Labute approximate surface area is 141 Å². The largest absolute Gasteiger partial charge is 0.497 e. The van der Waals surface area contributed by atoms with Gasteiger partial charge in [0.15, 0.2) is 0 Å². The third-order valence-corrected chi connectivity index (χ3v) is 4.16. The molecule has 0 unspecified atom stereocenters. The molecule has 6 nitrogen and oxygen atoms in total. The van der Waals surface area contributed by atoms with E-state index in [0.29, 0.717) is 13.1 Å². The average molecular weight is 326 g/mol. The van der Waals surface area contributed by atoms with Crippen LogP contribution in [0.5, 0.6) is 5.75 Å². The van der Waals surface area contributed by atoms with Crippen LogP contribution in [0.4, 0.5) is 4.79 Å². The minimum atomic E-state index is -0.0138. The number of imidazole rings is 1. The third-order valence-electron chi connectivity index (χ3n) is 4.16. The molecule has 0 bridgehead atoms. The summed E-state index contributed by atoms with van der Waals surface area (Å²) in [4.78, 5) is 18.0. The van der Waals surface area contributed by atoms with E-state index in [1.165, 1.54) is 11.1 Å². The number of carbonyl (C=O) groups is 1. The second-order valence-corrected chi connectivity index (χ2v) is 5.69. The maximum Gasteiger partial charge on any atom is 0.317 e. The molecule has 0 saturated carbocycles. The van der Waals surface area contributed by atoms with Crippen LogP contribution >= 0.6 is 0 Å². The van der Waals surface area contributed by atoms with Crippen molar-refractivity contribution in [2.24, 2.45) is 0 Å². The van der Waals surface area contributed by atoms with Crippen LogP contribution in [0.3, 0.4) is 0 Å². The molecule has 0 spiro atoms. The van der Waals surface area contributed by atoms with Crippen molar-refractivity contribution in [3.8, 4) is 5.75 Å². The minimum absolute atomic E-state index is 0.0138. The van der Waals surface area contributed by atoms with Crippen molar-refractivity contribution in [1.29, 1.82) is 0 Å². The van der Waals surface area contributed by atoms with Gasteiger partial charge in [-0.05, 0) is 29.7 Å². The van der Waals surface area contributed by atoms with Gasteiger partial charge in [0.05, 0.1) is 13.4 Å². The van der Waals surface area contributed by atoms with Crippen molar-refractivity contribution in [2.75, 3.05) is 26.7 Å². The fourth-order valence-electron chi connectivity index (χ4n) is 2.74. The van der Waals surface area contributed by atoms with Crippen molar-refractivity contribution >= 4 is 11.6 Å². The molecule has 2 heterocycles. The zero-order chi connectivity index (χ0) is 16.8. The summed E-state index contributed by atoms with van der Waals surface area (Å²) in [6.45, 7) is 2.69. The Hall–Kier alpha value is -2.76. The van der Waals surface area contributed by atoms with E-state index in [0.717, 1.165) is 25.3 Å². The van der Waals surface area contributed by atoms with Crippen LogP contribution in [0.2, 0.25) is 0 Å². The molecule has 1 aromatic carbocycles. The molecule has 1 aliphatic rings. The van der Waals surface area contributed by atoms with Crippen LogP contribution < -0.4 is 10.1 Å². The molecule has 1 N–H and O–H groups in total. The highest BCUT2D eigenvalue weighted by Crippen LogP contribution is 2.24. The van der Waals surface area contributed by atoms with Crippen LogP contribution in [-0.4, -0.2) is 47.2 Å². The Balaban J connectivity index is 1.49. The monoisotopic (exact) mass is 326 g/mol. The molecule has 1 aromatic heterocycles. The van der Waals surface area contributed by atoms with Gasteiger partial charge in [-0.25, -0.2) is 9.78 Å². The number of amides is 2. The number of aromatic nitrogens is 2. The summed E-state index contributed by atoms with van der Waals surface area (Å²) in [6.07, 6.45) is 8.35. The van der Waals surface area contributed by atoms with E-state index < -0.39 is 0 Å². The number of methoxy groups -OCH3 is 1. The van der Waals surface area contributed by atoms with Gasteiger partial charge < -0.3 is 19.5 Å². The summed E-state index contributed by atoms with van der Waals surface area (Å²) in [6, 6.07) is 8.04. The zero-order valence-electron chi connectivity index (χ0n) is 13.8. The van der Waals surface area contributed by atoms with Crippen LogP contribution in [0.25, 0.3) is 5.57 Å². The van der Waals surface area contributed by atoms with Crippen molar-refractivity contribution in [3.05, 3.63) is 54.6 Å². The number of rotatable bonds is 5. The van der Waals surface area contributed by atoms with Gasteiger partial charge in [0.2, 0.25) is 0 Å². The number of nitrogens with one attached hydrogen (secondary N) is 1. The Bertz CT molecular complexity index is 692. The van der Waals surface area contributed by atoms with Gasteiger partial charge in [-0.3, -0.25) is 0 Å². The second-order valence-electron chi connectivity index (χ2n) is 5.69. The van der Waals surface area contributed by atoms with Crippen LogP contribution in [0, 0.1) is 0 Å². The number of urea groups is 1. The van der Waals surface area contributed by atoms with Crippen molar-refractivity contribution in [3.63, 3.8) is 0 Å². The van der Waals surface area contributed by atoms with Crippen molar-refractivity contribution < 1.29 is 9.53 Å². The number of hydrogen-bond acceptors (Lipinski definition) is 3. The first kappa shape index (κ1) is 16.1. The summed E-state index contributed by atoms with van der Waals surface area (Å²) < 4.78 is 7.13. The van der Waals surface area contributed by atoms with Crippen molar-refractivity contribution in [2.45, 2.75) is 13.0 Å². The van der Waals surface area contributed by atoms with Gasteiger partial charge >= 0.3 is 6.03 Å². The fraction of sp³-hybridized carbons (Fsp3) is 0.333. The highest BCUT2D eigenvalue weighted by atomic mass is 16.5. The van der Waals surface area contributed by atoms with E-state index in [9.17, 15) is 4.79 Å². The van der Waals surface area contributed by atoms with E-state index in [2.05, 4.69) is 28.5 Å². The van der Waals surface area contributed by atoms with Gasteiger partial charge in [0, 0.05) is 38.6 Å². The summed E-state index contributed by atoms with van der Waals surface area (Å²) in [5.41, 5.74) is 2.47. The first-order chi connectivity index (χ1) is 11.8. The Morgan fingerprint density at radius 2 is 2.17 bits per heavy atom. The number of hydrogen-bond donors (Lipinski definition) is 1. The molecule has 0 aliphatic carbocycles. The third kappa shape index (κ3) is 3.95. The highest BCUT2D eigenvalue weighted by molar-refractivity contribution is 5.76. The highest BCUT2D eigenvalue weighted by Gasteiger charge is 2.17. The Morgan fingerprint density at radius 1 is 1.33 bits per heavy atom. The van der Waals surface area contributed by atoms with E-state index >= 15 is 0 Å². The van der Waals surface area contributed by atoms with Crippen LogP contribution in [0.15, 0.2) is 49.1 Å². The zero-order valence-corrected chi connectivity index (χ0v) is 13.8. The topological polar surface area (TPSA) is 59.4 Å². The summed E-state index contributed by atoms with van der Waals surface area (Å²) >= 11 is 0. The summed E-state index contributed by atoms with van der Waals surface area (Å²) in [5, 5.41) is 2.95. The lowest BCUT2D eigenvalue weighted by molar-refractivity contribution is 0.202. The van der Waals surface area contributed by atoms with Crippen molar-refractivity contribution in [1.82, 2.24) is 19.8 Å². The molecule has 126 valence electrons. The minimum Gasteiger partial charge on any atom is -0.497 e. The molecule has 1 aliphatic heterocycles. The molecule has 0 atom stereocenters. The van der Waals surface area contributed by atoms with Gasteiger partial charge in [-0.1, -0.05) is 18.2 Å². The molecular weight excluding hydrogens is 304 g/mol. The fourth-order valence-corrected chi connectivity index (χ4v) is 2.74. The normalized spacial score (nSPS) is 14.2. The lowest BCUT2D eigenvalue weighted by Crippen LogP contribution is -2.43. The molecule has 2 aromatic rings. The smallest absolute Gasteiger partial charge is 0.317 e. The first-order valence-corrected chi connectivity index (χ1v) is 8.08. The lowest BCUT2D eigenvalue weighted by Gasteiger charge is -2.27. The van der Waals surface area contributed by atoms with E-state index in [-0.39, 0.29) is 6.03 Å². The molecular formula is C18H22N4O2. The van der Waals surface area contributed by atoms with E-state index in [1.54, 1.807) is 19.6 Å². The number of carbonyl (C=O) groups excluding carboxylic acids is 1. The second kappa shape index (κ2) is 7.68. The van der Waals surface area contributed by atoms with E-state index in [4.69, 9.17) is 4.74 Å². The molecule has 0 saturated heterocycles. The van der Waals surface area contributed by atoms with Crippen LogP contribution in [-0.2, 0) is 6.54 Å². The molecule has 0 fully saturated rings. The maximum absolute atomic E-state index is 12.2. The predicted octanol–water partition coefficient (Wildman–Crippen LogP) is 2.39. The standard InChI is InChI=1S/C18H22N4O2/c1-24-17-4-2-15(3-5-17)16-6-10-22(11-7-16)18(23)20-9-13-21-12-8-19-14-21/h2-6,8,12,14H,7,9-11,13H2,1H3,(H,20,23). The molecule has 2 amide bonds. The number of benzene rings is 1. The van der Waals surface area contributed by atoms with Crippen LogP contribution in [0.1, 0.15) is 12.0 Å².